The number of carboxylic acids is 1. The third kappa shape index (κ3) is 3.65. The fraction of sp³-hybridized carbons (Fsp3) is 0.259. The summed E-state index contributed by atoms with van der Waals surface area (Å²) in [6.45, 7) is 3.39. The molecule has 1 atom stereocenters. The van der Waals surface area contributed by atoms with Crippen LogP contribution < -0.4 is 0 Å². The highest BCUT2D eigenvalue weighted by Crippen LogP contribution is 2.44. The Labute approximate surface area is 192 Å². The second-order valence-electron chi connectivity index (χ2n) is 8.05. The minimum atomic E-state index is -1.87. The molecule has 0 saturated heterocycles. The van der Waals surface area contributed by atoms with Crippen LogP contribution in [-0.4, -0.2) is 35.2 Å². The van der Waals surface area contributed by atoms with Gasteiger partial charge in [-0.3, -0.25) is 4.90 Å². The maximum Gasteiger partial charge on any atom is 0.411 e. The number of aliphatic carboxylic acids is 1. The molecular weight excluding hydrogens is 421 g/mol. The maximum absolute atomic E-state index is 14.7. The number of hydrogen-bond acceptors (Lipinski definition) is 3. The Kier molecular flexibility index (Phi) is 6.18. The fourth-order valence-corrected chi connectivity index (χ4v) is 4.93. The lowest BCUT2D eigenvalue weighted by atomic mass is 9.85. The number of benzene rings is 3. The van der Waals surface area contributed by atoms with Crippen LogP contribution in [0, 0.1) is 5.82 Å². The molecule has 4 rings (SSSR count). The van der Waals surface area contributed by atoms with Crippen molar-refractivity contribution in [1.29, 1.82) is 0 Å². The summed E-state index contributed by atoms with van der Waals surface area (Å²) in [5.41, 5.74) is 2.38. The quantitative estimate of drug-likeness (QED) is 0.498. The van der Waals surface area contributed by atoms with E-state index in [1.807, 2.05) is 48.5 Å². The van der Waals surface area contributed by atoms with Crippen LogP contribution in [0.5, 0.6) is 0 Å². The van der Waals surface area contributed by atoms with Crippen molar-refractivity contribution in [3.05, 3.63) is 95.3 Å². The van der Waals surface area contributed by atoms with Crippen molar-refractivity contribution >= 4 is 12.1 Å². The number of carboxylic acid groups (broad SMARTS) is 1. The van der Waals surface area contributed by atoms with Crippen molar-refractivity contribution < 1.29 is 23.8 Å². The van der Waals surface area contributed by atoms with E-state index in [4.69, 9.17) is 4.74 Å². The minimum Gasteiger partial charge on any atom is -0.479 e. The number of ether oxygens (including phenoxy) is 1. The Morgan fingerprint density at radius 2 is 1.48 bits per heavy atom. The summed E-state index contributed by atoms with van der Waals surface area (Å²) in [5, 5.41) is 10.2. The summed E-state index contributed by atoms with van der Waals surface area (Å²) in [6.07, 6.45) is -0.798. The molecular formula is C27H26FNO4. The molecule has 0 saturated carbocycles. The van der Waals surface area contributed by atoms with Gasteiger partial charge in [-0.15, -0.1) is 0 Å². The number of amides is 1. The van der Waals surface area contributed by atoms with Crippen LogP contribution in [0.15, 0.2) is 72.8 Å². The molecule has 0 heterocycles. The van der Waals surface area contributed by atoms with E-state index in [1.54, 1.807) is 19.9 Å². The third-order valence-corrected chi connectivity index (χ3v) is 6.52. The summed E-state index contributed by atoms with van der Waals surface area (Å²) in [4.78, 5) is 26.9. The molecule has 0 aromatic heterocycles. The van der Waals surface area contributed by atoms with Gasteiger partial charge >= 0.3 is 12.1 Å². The third-order valence-electron chi connectivity index (χ3n) is 6.52. The minimum absolute atomic E-state index is 0.0126. The van der Waals surface area contributed by atoms with E-state index in [0.717, 1.165) is 27.2 Å². The van der Waals surface area contributed by atoms with Crippen molar-refractivity contribution in [3.8, 4) is 11.1 Å². The van der Waals surface area contributed by atoms with Crippen molar-refractivity contribution in [2.45, 2.75) is 31.7 Å². The molecule has 33 heavy (non-hydrogen) atoms. The van der Waals surface area contributed by atoms with E-state index in [0.29, 0.717) is 0 Å². The average Bonchev–Trinajstić information content (AvgIpc) is 3.15. The van der Waals surface area contributed by atoms with Crippen molar-refractivity contribution in [2.24, 2.45) is 0 Å². The SMILES string of the molecule is CCN(C(=O)OCC1c2ccccc2-c2ccccc21)C(CC)(C(=O)O)c1ccccc1F. The van der Waals surface area contributed by atoms with Gasteiger partial charge in [0.15, 0.2) is 5.54 Å². The van der Waals surface area contributed by atoms with Gasteiger partial charge in [0.05, 0.1) is 0 Å². The average molecular weight is 448 g/mol. The zero-order chi connectivity index (χ0) is 23.6. The topological polar surface area (TPSA) is 66.8 Å². The van der Waals surface area contributed by atoms with Crippen LogP contribution in [0.25, 0.3) is 11.1 Å². The molecule has 1 aliphatic carbocycles. The van der Waals surface area contributed by atoms with Crippen molar-refractivity contribution in [3.63, 3.8) is 0 Å². The Morgan fingerprint density at radius 3 is 2.00 bits per heavy atom. The predicted molar refractivity (Wildman–Crippen MR) is 123 cm³/mol. The normalized spacial score (nSPS) is 14.2. The van der Waals surface area contributed by atoms with Crippen molar-refractivity contribution in [1.82, 2.24) is 4.90 Å². The van der Waals surface area contributed by atoms with E-state index in [1.165, 1.54) is 18.2 Å². The van der Waals surface area contributed by atoms with Crippen LogP contribution in [0.2, 0.25) is 0 Å². The molecule has 5 nitrogen and oxygen atoms in total. The Balaban J connectivity index is 1.65. The second kappa shape index (κ2) is 9.06. The first kappa shape index (κ1) is 22.5. The van der Waals surface area contributed by atoms with E-state index >= 15 is 0 Å². The van der Waals surface area contributed by atoms with Crippen LogP contribution in [0.3, 0.4) is 0 Å². The van der Waals surface area contributed by atoms with Gasteiger partial charge in [-0.2, -0.15) is 0 Å². The molecule has 0 fully saturated rings. The number of fused-ring (bicyclic) bond motifs is 3. The van der Waals surface area contributed by atoms with Gasteiger partial charge in [0, 0.05) is 18.0 Å². The van der Waals surface area contributed by atoms with E-state index in [9.17, 15) is 19.1 Å². The van der Waals surface area contributed by atoms with Gasteiger partial charge in [-0.1, -0.05) is 73.7 Å². The largest absolute Gasteiger partial charge is 0.479 e. The molecule has 3 aromatic carbocycles. The van der Waals surface area contributed by atoms with E-state index < -0.39 is 23.4 Å². The monoisotopic (exact) mass is 447 g/mol. The van der Waals surface area contributed by atoms with Crippen LogP contribution in [0.1, 0.15) is 42.9 Å². The van der Waals surface area contributed by atoms with Gasteiger partial charge < -0.3 is 9.84 Å². The number of carbonyl (C=O) groups excluding carboxylic acids is 1. The molecule has 0 radical (unpaired) electrons. The van der Waals surface area contributed by atoms with Crippen molar-refractivity contribution in [2.75, 3.05) is 13.2 Å². The first-order valence-corrected chi connectivity index (χ1v) is 11.1. The van der Waals surface area contributed by atoms with Gasteiger partial charge in [0.1, 0.15) is 12.4 Å². The Morgan fingerprint density at radius 1 is 0.939 bits per heavy atom. The molecule has 1 amide bonds. The fourth-order valence-electron chi connectivity index (χ4n) is 4.93. The number of likely N-dealkylation sites (N-methyl/N-ethyl adjacent to an activating group) is 1. The van der Waals surface area contributed by atoms with Gasteiger partial charge in [0.25, 0.3) is 0 Å². The summed E-state index contributed by atoms with van der Waals surface area (Å²) in [6, 6.07) is 21.6. The molecule has 6 heteroatoms. The molecule has 3 aromatic rings. The number of hydrogen-bond donors (Lipinski definition) is 1. The zero-order valence-electron chi connectivity index (χ0n) is 18.6. The van der Waals surface area contributed by atoms with Crippen LogP contribution in [0.4, 0.5) is 9.18 Å². The summed E-state index contributed by atoms with van der Waals surface area (Å²) in [7, 11) is 0. The summed E-state index contributed by atoms with van der Waals surface area (Å²) < 4.78 is 20.4. The standard InChI is InChI=1S/C27H26FNO4/c1-3-27(25(30)31,23-15-9-10-16-24(23)28)29(4-2)26(32)33-17-22-20-13-7-5-11-18(20)19-12-6-8-14-21(19)22/h5-16,22H,3-4,17H2,1-2H3,(H,30,31). The highest BCUT2D eigenvalue weighted by molar-refractivity contribution is 5.86. The maximum atomic E-state index is 14.7. The Bertz CT molecular complexity index is 1150. The predicted octanol–water partition coefficient (Wildman–Crippen LogP) is 5.79. The molecule has 0 bridgehead atoms. The second-order valence-corrected chi connectivity index (χ2v) is 8.05. The Hall–Kier alpha value is -3.67. The highest BCUT2D eigenvalue weighted by Gasteiger charge is 2.49. The molecule has 1 aliphatic rings. The first-order chi connectivity index (χ1) is 16.0. The lowest BCUT2D eigenvalue weighted by molar-refractivity contribution is -0.152. The van der Waals surface area contributed by atoms with Crippen LogP contribution >= 0.6 is 0 Å². The lowest BCUT2D eigenvalue weighted by Crippen LogP contribution is -2.55. The molecule has 0 aliphatic heterocycles. The molecule has 170 valence electrons. The smallest absolute Gasteiger partial charge is 0.411 e. The van der Waals surface area contributed by atoms with Gasteiger partial charge in [-0.05, 0) is 41.7 Å². The zero-order valence-corrected chi connectivity index (χ0v) is 18.6. The number of carbonyl (C=O) groups is 2. The molecule has 1 N–H and O–H groups in total. The lowest BCUT2D eigenvalue weighted by Gasteiger charge is -2.39. The molecule has 1 unspecified atom stereocenters. The summed E-state index contributed by atoms with van der Waals surface area (Å²) >= 11 is 0. The number of nitrogens with zero attached hydrogens (tertiary/aromatic N) is 1. The first-order valence-electron chi connectivity index (χ1n) is 11.1. The number of rotatable bonds is 7. The summed E-state index contributed by atoms with van der Waals surface area (Å²) in [5.74, 6) is -2.13. The van der Waals surface area contributed by atoms with Gasteiger partial charge in [-0.25, -0.2) is 14.0 Å². The number of halogens is 1. The van der Waals surface area contributed by atoms with E-state index in [-0.39, 0.29) is 31.1 Å². The molecule has 0 spiro atoms. The van der Waals surface area contributed by atoms with Crippen LogP contribution in [-0.2, 0) is 15.1 Å². The van der Waals surface area contributed by atoms with Gasteiger partial charge in [0.2, 0.25) is 0 Å². The van der Waals surface area contributed by atoms with E-state index in [2.05, 4.69) is 0 Å². The highest BCUT2D eigenvalue weighted by atomic mass is 19.1.